The molecule has 2 atom stereocenters. The molecule has 2 aliphatic heterocycles. The fourth-order valence-corrected chi connectivity index (χ4v) is 7.32. The first-order chi connectivity index (χ1) is 16.8. The summed E-state index contributed by atoms with van der Waals surface area (Å²) in [4.78, 5) is 15.3. The molecule has 1 aromatic carbocycles. The summed E-state index contributed by atoms with van der Waals surface area (Å²) in [6.45, 7) is 7.01. The number of piperidine rings is 2. The van der Waals surface area contributed by atoms with Crippen molar-refractivity contribution < 1.29 is 13.2 Å². The molecular weight excluding hydrogens is 460 g/mol. The van der Waals surface area contributed by atoms with Crippen LogP contribution in [0.2, 0.25) is 0 Å². The number of aromatic nitrogens is 2. The maximum absolute atomic E-state index is 13.4. The Kier molecular flexibility index (Phi) is 6.68. The van der Waals surface area contributed by atoms with Crippen LogP contribution in [0.15, 0.2) is 54.9 Å². The van der Waals surface area contributed by atoms with Crippen LogP contribution >= 0.6 is 0 Å². The van der Waals surface area contributed by atoms with Crippen molar-refractivity contribution in [3.8, 4) is 0 Å². The zero-order valence-corrected chi connectivity index (χ0v) is 21.3. The Labute approximate surface area is 207 Å². The van der Waals surface area contributed by atoms with Gasteiger partial charge in [0.15, 0.2) is 0 Å². The van der Waals surface area contributed by atoms with Gasteiger partial charge >= 0.3 is 0 Å². The number of hydrogen-bond acceptors (Lipinski definition) is 4. The zero-order chi connectivity index (χ0) is 24.6. The van der Waals surface area contributed by atoms with E-state index in [9.17, 15) is 13.2 Å². The lowest BCUT2D eigenvalue weighted by atomic mass is 9.90. The number of amides is 1. The molecule has 2 unspecified atom stereocenters. The second-order valence-electron chi connectivity index (χ2n) is 10.4. The SMILES string of the molecule is CC1CC(C)CN(C(=O)c2cnn3ccc(C4CCN(S(=O)(=O)Cc5ccccc5)CC4)cc23)C1. The average Bonchev–Trinajstić information content (AvgIpc) is 3.27. The minimum atomic E-state index is -3.34. The molecule has 1 amide bonds. The summed E-state index contributed by atoms with van der Waals surface area (Å²) in [5, 5.41) is 4.42. The number of hydrogen-bond donors (Lipinski definition) is 0. The molecule has 7 nitrogen and oxygen atoms in total. The van der Waals surface area contributed by atoms with Gasteiger partial charge in [-0.1, -0.05) is 44.2 Å². The summed E-state index contributed by atoms with van der Waals surface area (Å²) < 4.78 is 29.3. The predicted molar refractivity (Wildman–Crippen MR) is 137 cm³/mol. The first kappa shape index (κ1) is 24.0. The highest BCUT2D eigenvalue weighted by molar-refractivity contribution is 7.88. The Morgan fingerprint density at radius 2 is 1.71 bits per heavy atom. The molecule has 4 heterocycles. The average molecular weight is 495 g/mol. The number of carbonyl (C=O) groups excluding carboxylic acids is 1. The van der Waals surface area contributed by atoms with Crippen LogP contribution in [0.4, 0.5) is 0 Å². The second-order valence-corrected chi connectivity index (χ2v) is 12.4. The van der Waals surface area contributed by atoms with Gasteiger partial charge in [0, 0.05) is 32.4 Å². The van der Waals surface area contributed by atoms with Gasteiger partial charge in [-0.05, 0) is 60.3 Å². The first-order valence-electron chi connectivity index (χ1n) is 12.6. The Hall–Kier alpha value is -2.71. The van der Waals surface area contributed by atoms with E-state index in [1.54, 1.807) is 15.0 Å². The maximum Gasteiger partial charge on any atom is 0.257 e. The van der Waals surface area contributed by atoms with Gasteiger partial charge in [-0.25, -0.2) is 17.2 Å². The molecule has 0 aliphatic carbocycles. The van der Waals surface area contributed by atoms with E-state index < -0.39 is 10.0 Å². The normalized spacial score (nSPS) is 22.5. The second kappa shape index (κ2) is 9.74. The van der Waals surface area contributed by atoms with Gasteiger partial charge in [0.1, 0.15) is 0 Å². The molecule has 2 saturated heterocycles. The summed E-state index contributed by atoms with van der Waals surface area (Å²) in [5.41, 5.74) is 3.44. The van der Waals surface area contributed by atoms with Gasteiger partial charge < -0.3 is 4.90 Å². The molecule has 0 spiro atoms. The third-order valence-corrected chi connectivity index (χ3v) is 9.29. The Morgan fingerprint density at radius 1 is 1.03 bits per heavy atom. The van der Waals surface area contributed by atoms with Gasteiger partial charge in [-0.3, -0.25) is 4.79 Å². The Balaban J connectivity index is 1.29. The number of rotatable bonds is 5. The van der Waals surface area contributed by atoms with Crippen LogP contribution < -0.4 is 0 Å². The van der Waals surface area contributed by atoms with E-state index in [1.807, 2.05) is 41.4 Å². The highest BCUT2D eigenvalue weighted by atomic mass is 32.2. The monoisotopic (exact) mass is 494 g/mol. The lowest BCUT2D eigenvalue weighted by molar-refractivity contribution is 0.0625. The van der Waals surface area contributed by atoms with Gasteiger partial charge in [0.05, 0.1) is 23.0 Å². The van der Waals surface area contributed by atoms with Crippen LogP contribution in [0.5, 0.6) is 0 Å². The fraction of sp³-hybridized carbons (Fsp3) is 0.481. The molecule has 0 saturated carbocycles. The lowest BCUT2D eigenvalue weighted by Crippen LogP contribution is -2.42. The molecule has 0 N–H and O–H groups in total. The molecule has 186 valence electrons. The summed E-state index contributed by atoms with van der Waals surface area (Å²) >= 11 is 0. The summed E-state index contributed by atoms with van der Waals surface area (Å²) in [5.74, 6) is 1.36. The number of sulfonamides is 1. The minimum absolute atomic E-state index is 0.0412. The van der Waals surface area contributed by atoms with Crippen molar-refractivity contribution in [3.63, 3.8) is 0 Å². The standard InChI is InChI=1S/C27H34N4O3S/c1-20-14-21(2)18-29(17-20)27(32)25-16-28-31-13-10-24(15-26(25)31)23-8-11-30(12-9-23)35(33,34)19-22-6-4-3-5-7-22/h3-7,10,13,15-16,20-21,23H,8-9,11-12,14,17-19H2,1-2H3. The molecule has 8 heteroatoms. The number of nitrogens with zero attached hydrogens (tertiary/aromatic N) is 4. The Bertz CT molecular complexity index is 1290. The van der Waals surface area contributed by atoms with Crippen molar-refractivity contribution >= 4 is 21.4 Å². The van der Waals surface area contributed by atoms with Gasteiger partial charge in [0.25, 0.3) is 5.91 Å². The maximum atomic E-state index is 13.4. The Morgan fingerprint density at radius 3 is 2.40 bits per heavy atom. The molecule has 5 rings (SSSR count). The largest absolute Gasteiger partial charge is 0.338 e. The van der Waals surface area contributed by atoms with Crippen molar-refractivity contribution in [2.75, 3.05) is 26.2 Å². The number of carbonyl (C=O) groups is 1. The first-order valence-corrected chi connectivity index (χ1v) is 14.2. The third kappa shape index (κ3) is 5.14. The van der Waals surface area contributed by atoms with Crippen LogP contribution in [-0.4, -0.2) is 59.3 Å². The van der Waals surface area contributed by atoms with E-state index in [-0.39, 0.29) is 17.6 Å². The van der Waals surface area contributed by atoms with Crippen molar-refractivity contribution in [2.45, 2.75) is 44.8 Å². The highest BCUT2D eigenvalue weighted by Crippen LogP contribution is 2.31. The van der Waals surface area contributed by atoms with Crippen molar-refractivity contribution in [3.05, 3.63) is 71.5 Å². The van der Waals surface area contributed by atoms with E-state index in [4.69, 9.17) is 0 Å². The smallest absolute Gasteiger partial charge is 0.257 e. The number of fused-ring (bicyclic) bond motifs is 1. The van der Waals surface area contributed by atoms with Gasteiger partial charge in [-0.2, -0.15) is 5.10 Å². The zero-order valence-electron chi connectivity index (χ0n) is 20.5. The summed E-state index contributed by atoms with van der Waals surface area (Å²) in [6.07, 6.45) is 6.29. The van der Waals surface area contributed by atoms with Crippen molar-refractivity contribution in [1.82, 2.24) is 18.8 Å². The molecule has 2 fully saturated rings. The van der Waals surface area contributed by atoms with E-state index in [2.05, 4.69) is 31.1 Å². The topological polar surface area (TPSA) is 75.0 Å². The molecule has 0 bridgehead atoms. The van der Waals surface area contributed by atoms with E-state index in [1.165, 1.54) is 0 Å². The third-order valence-electron chi connectivity index (χ3n) is 7.44. The highest BCUT2D eigenvalue weighted by Gasteiger charge is 2.30. The van der Waals surface area contributed by atoms with Crippen LogP contribution in [0, 0.1) is 11.8 Å². The van der Waals surface area contributed by atoms with Gasteiger partial charge in [0.2, 0.25) is 10.0 Å². The molecule has 3 aromatic rings. The van der Waals surface area contributed by atoms with Crippen LogP contribution in [0.1, 0.15) is 60.5 Å². The van der Waals surface area contributed by atoms with Crippen molar-refractivity contribution in [1.29, 1.82) is 0 Å². The van der Waals surface area contributed by atoms with E-state index >= 15 is 0 Å². The molecule has 35 heavy (non-hydrogen) atoms. The molecule has 2 aliphatic rings. The molecule has 2 aromatic heterocycles. The van der Waals surface area contributed by atoms with Crippen LogP contribution in [0.3, 0.4) is 0 Å². The predicted octanol–water partition coefficient (Wildman–Crippen LogP) is 4.16. The van der Waals surface area contributed by atoms with E-state index in [0.29, 0.717) is 30.5 Å². The number of benzene rings is 1. The lowest BCUT2D eigenvalue weighted by Gasteiger charge is -2.34. The number of likely N-dealkylation sites (tertiary alicyclic amines) is 1. The molecule has 0 radical (unpaired) electrons. The molecular formula is C27H34N4O3S. The van der Waals surface area contributed by atoms with Crippen molar-refractivity contribution in [2.24, 2.45) is 11.8 Å². The van der Waals surface area contributed by atoms with E-state index in [0.717, 1.165) is 49.0 Å². The fourth-order valence-electron chi connectivity index (χ4n) is 5.76. The van der Waals surface area contributed by atoms with Crippen LogP contribution in [-0.2, 0) is 15.8 Å². The van der Waals surface area contributed by atoms with Gasteiger partial charge in [-0.15, -0.1) is 0 Å². The van der Waals surface area contributed by atoms with Crippen LogP contribution in [0.25, 0.3) is 5.52 Å². The minimum Gasteiger partial charge on any atom is -0.338 e. The quantitative estimate of drug-likeness (QED) is 0.534. The number of pyridine rings is 1. The summed E-state index contributed by atoms with van der Waals surface area (Å²) in [7, 11) is -3.34. The summed E-state index contributed by atoms with van der Waals surface area (Å²) in [6, 6.07) is 13.5.